The van der Waals surface area contributed by atoms with E-state index in [2.05, 4.69) is 37.5 Å². The van der Waals surface area contributed by atoms with Gasteiger partial charge in [0.1, 0.15) is 6.10 Å². The maximum atomic E-state index is 11.0. The summed E-state index contributed by atoms with van der Waals surface area (Å²) in [5.41, 5.74) is 0.636. The number of ether oxygens (including phenoxy) is 4. The molecular weight excluding hydrogens is 588 g/mol. The molecule has 7 heteroatoms. The molecule has 5 aliphatic carbocycles. The molecule has 268 valence electrons. The average molecular weight is 657 g/mol. The molecule has 13 atom stereocenters. The minimum atomic E-state index is -0.896. The Labute approximate surface area is 286 Å². The maximum Gasteiger partial charge on any atom is 0.170 e. The first-order chi connectivity index (χ1) is 22.4. The lowest BCUT2D eigenvalue weighted by Crippen LogP contribution is -2.56. The van der Waals surface area contributed by atoms with Crippen molar-refractivity contribution in [3.8, 4) is 0 Å². The van der Waals surface area contributed by atoms with Crippen LogP contribution in [0.4, 0.5) is 0 Å². The molecule has 8 fully saturated rings. The van der Waals surface area contributed by atoms with Crippen molar-refractivity contribution >= 4 is 0 Å². The van der Waals surface area contributed by atoms with Gasteiger partial charge in [-0.05, 0) is 149 Å². The van der Waals surface area contributed by atoms with Gasteiger partial charge in [0.25, 0.3) is 0 Å². The van der Waals surface area contributed by atoms with Gasteiger partial charge in [0.05, 0.1) is 30.5 Å². The van der Waals surface area contributed by atoms with Crippen molar-refractivity contribution in [3.05, 3.63) is 0 Å². The summed E-state index contributed by atoms with van der Waals surface area (Å²) in [6, 6.07) is 0. The highest BCUT2D eigenvalue weighted by molar-refractivity contribution is 5.32. The number of nitrogens with zero attached hydrogens (tertiary/aromatic N) is 2. The van der Waals surface area contributed by atoms with E-state index in [0.29, 0.717) is 34.9 Å². The highest BCUT2D eigenvalue weighted by atomic mass is 16.7. The number of hydrogen-bond donors (Lipinski definition) is 1. The molecule has 3 heterocycles. The molecule has 0 bridgehead atoms. The van der Waals surface area contributed by atoms with E-state index in [0.717, 1.165) is 56.3 Å². The molecule has 2 spiro atoms. The molecule has 1 N–H and O–H groups in total. The maximum absolute atomic E-state index is 11.0. The third-order valence-corrected chi connectivity index (χ3v) is 16.7. The largest absolute Gasteiger partial charge is 0.388 e. The average Bonchev–Trinajstić information content (AvgIpc) is 3.38. The van der Waals surface area contributed by atoms with Crippen LogP contribution in [0, 0.1) is 51.2 Å². The van der Waals surface area contributed by atoms with Gasteiger partial charge in [0.2, 0.25) is 0 Å². The second-order valence-corrected chi connectivity index (χ2v) is 19.1. The predicted octanol–water partition coefficient (Wildman–Crippen LogP) is 6.36. The van der Waals surface area contributed by atoms with Gasteiger partial charge in [-0.25, -0.2) is 0 Å². The summed E-state index contributed by atoms with van der Waals surface area (Å²) in [7, 11) is 0. The molecule has 5 saturated carbocycles. The van der Waals surface area contributed by atoms with Crippen molar-refractivity contribution < 1.29 is 24.1 Å². The zero-order valence-electron chi connectivity index (χ0n) is 31.0. The van der Waals surface area contributed by atoms with Crippen LogP contribution in [-0.2, 0) is 18.9 Å². The Morgan fingerprint density at radius 3 is 2.38 bits per heavy atom. The zero-order chi connectivity index (χ0) is 33.0. The normalized spacial score (nSPS) is 49.9. The summed E-state index contributed by atoms with van der Waals surface area (Å²) in [4.78, 5) is 5.16. The number of likely N-dealkylation sites (tertiary alicyclic amines) is 1. The quantitative estimate of drug-likeness (QED) is 0.310. The topological polar surface area (TPSA) is 63.6 Å². The molecule has 0 amide bonds. The fourth-order valence-electron chi connectivity index (χ4n) is 14.4. The van der Waals surface area contributed by atoms with E-state index in [1.54, 1.807) is 0 Å². The van der Waals surface area contributed by atoms with Gasteiger partial charge < -0.3 is 29.0 Å². The Balaban J connectivity index is 0.957. The van der Waals surface area contributed by atoms with E-state index >= 15 is 0 Å². The molecule has 0 aromatic rings. The van der Waals surface area contributed by atoms with Crippen LogP contribution in [0.3, 0.4) is 0 Å². The van der Waals surface area contributed by atoms with E-state index in [1.807, 2.05) is 20.8 Å². The Morgan fingerprint density at radius 1 is 0.894 bits per heavy atom. The van der Waals surface area contributed by atoms with Crippen LogP contribution in [0.5, 0.6) is 0 Å². The number of fused-ring (bicyclic) bond motifs is 4. The van der Waals surface area contributed by atoms with E-state index in [-0.39, 0.29) is 30.0 Å². The van der Waals surface area contributed by atoms with E-state index in [9.17, 15) is 5.11 Å². The van der Waals surface area contributed by atoms with Crippen molar-refractivity contribution in [1.29, 1.82) is 0 Å². The van der Waals surface area contributed by atoms with Crippen LogP contribution in [0.1, 0.15) is 113 Å². The van der Waals surface area contributed by atoms with Crippen molar-refractivity contribution in [3.63, 3.8) is 0 Å². The third-order valence-electron chi connectivity index (χ3n) is 16.7. The van der Waals surface area contributed by atoms with Crippen molar-refractivity contribution in [2.45, 2.75) is 149 Å². The van der Waals surface area contributed by atoms with Crippen LogP contribution in [0.2, 0.25) is 0 Å². The Kier molecular flexibility index (Phi) is 8.56. The van der Waals surface area contributed by atoms with Gasteiger partial charge in [-0.1, -0.05) is 27.7 Å². The number of hydrogen-bond acceptors (Lipinski definition) is 7. The van der Waals surface area contributed by atoms with Crippen molar-refractivity contribution in [2.24, 2.45) is 51.2 Å². The lowest BCUT2D eigenvalue weighted by molar-refractivity contribution is -0.245. The minimum Gasteiger partial charge on any atom is -0.388 e. The van der Waals surface area contributed by atoms with Crippen LogP contribution in [0.25, 0.3) is 0 Å². The van der Waals surface area contributed by atoms with E-state index in [4.69, 9.17) is 18.9 Å². The van der Waals surface area contributed by atoms with Gasteiger partial charge in [0, 0.05) is 32.8 Å². The molecule has 47 heavy (non-hydrogen) atoms. The second-order valence-electron chi connectivity index (χ2n) is 19.1. The lowest BCUT2D eigenvalue weighted by atomic mass is 9.46. The zero-order valence-corrected chi connectivity index (χ0v) is 31.0. The monoisotopic (exact) mass is 657 g/mol. The fourth-order valence-corrected chi connectivity index (χ4v) is 14.4. The van der Waals surface area contributed by atoms with Gasteiger partial charge in [-0.15, -0.1) is 0 Å². The first-order valence-electron chi connectivity index (χ1n) is 20.1. The molecule has 0 radical (unpaired) electrons. The summed E-state index contributed by atoms with van der Waals surface area (Å²) in [5.74, 6) is 3.78. The minimum absolute atomic E-state index is 0.00679. The molecular formula is C40H68N2O5. The van der Waals surface area contributed by atoms with Gasteiger partial charge in [-0.3, -0.25) is 4.90 Å². The van der Waals surface area contributed by atoms with Crippen LogP contribution < -0.4 is 0 Å². The molecule has 3 aliphatic heterocycles. The lowest BCUT2D eigenvalue weighted by Gasteiger charge is -2.60. The van der Waals surface area contributed by atoms with Gasteiger partial charge >= 0.3 is 0 Å². The van der Waals surface area contributed by atoms with Gasteiger partial charge in [0.15, 0.2) is 6.29 Å². The van der Waals surface area contributed by atoms with Crippen LogP contribution in [0.15, 0.2) is 0 Å². The Hall–Kier alpha value is -0.280. The molecule has 7 unspecified atom stereocenters. The van der Waals surface area contributed by atoms with Crippen LogP contribution >= 0.6 is 0 Å². The summed E-state index contributed by atoms with van der Waals surface area (Å²) in [6.45, 7) is 24.5. The first-order valence-corrected chi connectivity index (χ1v) is 20.1. The SMILES string of the molecule is CCO[C@@H](C1CCC2C(CC3C4CC[C@H]5C(C)(C)[C@@H](OC6CN(CCN7CCC7)CCO6)CCC56[C@@H](C)[C@@]46CC[C@]23C)O1)C(C)(C)O. The van der Waals surface area contributed by atoms with Crippen molar-refractivity contribution in [2.75, 3.05) is 52.5 Å². The van der Waals surface area contributed by atoms with E-state index in [1.165, 1.54) is 77.4 Å². The summed E-state index contributed by atoms with van der Waals surface area (Å²) in [5, 5.41) is 11.0. The fraction of sp³-hybridized carbons (Fsp3) is 1.00. The summed E-state index contributed by atoms with van der Waals surface area (Å²) < 4.78 is 26.4. The molecule has 7 nitrogen and oxygen atoms in total. The first kappa shape index (κ1) is 33.8. The second kappa shape index (κ2) is 11.9. The number of morpholine rings is 1. The highest BCUT2D eigenvalue weighted by Crippen LogP contribution is 2.89. The van der Waals surface area contributed by atoms with Crippen molar-refractivity contribution in [1.82, 2.24) is 9.80 Å². The van der Waals surface area contributed by atoms with Crippen LogP contribution in [-0.4, -0.2) is 104 Å². The Morgan fingerprint density at radius 2 is 1.66 bits per heavy atom. The highest BCUT2D eigenvalue weighted by Gasteiger charge is 2.84. The molecule has 0 aromatic carbocycles. The number of rotatable bonds is 9. The standard InChI is InChI=1S/C40H68N2O5/c1-8-44-35(37(5,6)43)30-12-10-28-31(46-30)24-29-27-11-13-32-36(3,4)33(14-15-40(32)26(2)39(27,40)17-16-38(28,29)7)47-34-25-42(22-23-45-34)21-20-41-18-9-19-41/h26-35,43H,8-25H2,1-7H3/t26-,27?,28?,29?,30?,31?,32-,33-,34?,35-,38+,39-,40?/m0/s1. The molecule has 8 rings (SSSR count). The van der Waals surface area contributed by atoms with Gasteiger partial charge in [-0.2, -0.15) is 0 Å². The number of aliphatic hydroxyl groups is 1. The summed E-state index contributed by atoms with van der Waals surface area (Å²) >= 11 is 0. The third kappa shape index (κ3) is 5.04. The summed E-state index contributed by atoms with van der Waals surface area (Å²) in [6.07, 6.45) is 13.1. The molecule has 0 aromatic heterocycles. The smallest absolute Gasteiger partial charge is 0.170 e. The molecule has 8 aliphatic rings. The molecule has 3 saturated heterocycles. The Bertz CT molecular complexity index is 1150. The van der Waals surface area contributed by atoms with E-state index < -0.39 is 5.60 Å². The predicted molar refractivity (Wildman–Crippen MR) is 184 cm³/mol.